The Morgan fingerprint density at radius 3 is 2.74 bits per heavy atom. The number of nitrogens with zero attached hydrogens (tertiary/aromatic N) is 8. The van der Waals surface area contributed by atoms with Crippen LogP contribution in [0.3, 0.4) is 0 Å². The highest BCUT2D eigenvalue weighted by Crippen LogP contribution is 2.33. The predicted octanol–water partition coefficient (Wildman–Crippen LogP) is 1.66. The van der Waals surface area contributed by atoms with E-state index in [1.807, 2.05) is 6.92 Å². The Morgan fingerprint density at radius 1 is 1.33 bits per heavy atom. The Kier molecular flexibility index (Phi) is 3.66. The molecular weight excluding hydrogens is 372 g/mol. The van der Waals surface area contributed by atoms with Crippen LogP contribution in [-0.4, -0.2) is 59.2 Å². The molecule has 138 valence electrons. The van der Waals surface area contributed by atoms with Crippen molar-refractivity contribution < 1.29 is 9.72 Å². The van der Waals surface area contributed by atoms with Crippen LogP contribution < -0.4 is 0 Å². The van der Waals surface area contributed by atoms with Gasteiger partial charge in [0.25, 0.3) is 5.91 Å². The summed E-state index contributed by atoms with van der Waals surface area (Å²) in [6, 6.07) is 0. The zero-order chi connectivity index (χ0) is 19.5. The summed E-state index contributed by atoms with van der Waals surface area (Å²) in [5.41, 5.74) is 1.13. The van der Waals surface area contributed by atoms with Crippen molar-refractivity contribution in [2.45, 2.75) is 6.92 Å². The van der Waals surface area contributed by atoms with E-state index >= 15 is 0 Å². The van der Waals surface area contributed by atoms with Crippen molar-refractivity contribution in [2.24, 2.45) is 7.05 Å². The molecule has 4 aromatic heterocycles. The van der Waals surface area contributed by atoms with Gasteiger partial charge in [0.15, 0.2) is 5.65 Å². The average molecular weight is 386 g/mol. The van der Waals surface area contributed by atoms with Crippen molar-refractivity contribution in [3.63, 3.8) is 0 Å². The predicted molar refractivity (Wildman–Crippen MR) is 97.8 cm³/mol. The van der Waals surface area contributed by atoms with Gasteiger partial charge in [-0.05, 0) is 12.5 Å². The maximum absolute atomic E-state index is 12.4. The number of amides is 1. The van der Waals surface area contributed by atoms with E-state index in [9.17, 15) is 14.9 Å². The number of fused-ring (bicyclic) bond motifs is 3. The van der Waals surface area contributed by atoms with Gasteiger partial charge in [0.1, 0.15) is 17.4 Å². The quantitative estimate of drug-likeness (QED) is 0.387. The van der Waals surface area contributed by atoms with Gasteiger partial charge in [-0.1, -0.05) is 0 Å². The summed E-state index contributed by atoms with van der Waals surface area (Å²) >= 11 is 1.28. The van der Waals surface area contributed by atoms with Gasteiger partial charge in [-0.25, -0.2) is 14.5 Å². The molecule has 0 aliphatic carbocycles. The van der Waals surface area contributed by atoms with Gasteiger partial charge in [-0.2, -0.15) is 5.10 Å². The molecule has 0 aliphatic heterocycles. The fourth-order valence-corrected chi connectivity index (χ4v) is 3.97. The lowest BCUT2D eigenvalue weighted by Gasteiger charge is -2.08. The third kappa shape index (κ3) is 2.52. The Labute approximate surface area is 156 Å². The van der Waals surface area contributed by atoms with Crippen LogP contribution in [0.2, 0.25) is 0 Å². The molecular formula is C15H14N8O3S. The largest absolute Gasteiger partial charge is 0.344 e. The van der Waals surface area contributed by atoms with Gasteiger partial charge in [0, 0.05) is 21.1 Å². The number of aryl methyl sites for hydroxylation is 2. The van der Waals surface area contributed by atoms with E-state index in [0.29, 0.717) is 20.7 Å². The zero-order valence-corrected chi connectivity index (χ0v) is 15.7. The summed E-state index contributed by atoms with van der Waals surface area (Å²) in [5, 5.41) is 20.4. The molecule has 0 saturated heterocycles. The van der Waals surface area contributed by atoms with Crippen LogP contribution in [0.25, 0.3) is 27.4 Å². The topological polar surface area (TPSA) is 124 Å². The first-order valence-electron chi connectivity index (χ1n) is 7.82. The molecule has 0 saturated carbocycles. The third-order valence-corrected chi connectivity index (χ3v) is 5.27. The fourth-order valence-electron chi connectivity index (χ4n) is 2.81. The van der Waals surface area contributed by atoms with E-state index in [1.54, 1.807) is 21.1 Å². The Bertz CT molecular complexity index is 1240. The van der Waals surface area contributed by atoms with Gasteiger partial charge in [-0.3, -0.25) is 19.6 Å². The summed E-state index contributed by atoms with van der Waals surface area (Å²) in [5.74, 6) is 0.0106. The number of carbonyl (C=O) groups excluding carboxylic acids is 1. The molecule has 4 heterocycles. The van der Waals surface area contributed by atoms with E-state index < -0.39 is 4.92 Å². The monoisotopic (exact) mass is 386 g/mol. The minimum Gasteiger partial charge on any atom is -0.344 e. The van der Waals surface area contributed by atoms with E-state index in [0.717, 1.165) is 5.56 Å². The van der Waals surface area contributed by atoms with E-state index in [1.165, 1.54) is 38.0 Å². The molecule has 0 unspecified atom stereocenters. The van der Waals surface area contributed by atoms with Gasteiger partial charge >= 0.3 is 5.69 Å². The number of thiophene rings is 1. The molecule has 0 atom stereocenters. The van der Waals surface area contributed by atoms with Crippen molar-refractivity contribution in [3.8, 4) is 11.5 Å². The second kappa shape index (κ2) is 5.81. The fraction of sp³-hybridized carbons (Fsp3) is 0.267. The maximum Gasteiger partial charge on any atom is 0.318 e. The Hall–Kier alpha value is -3.41. The number of aromatic nitrogens is 6. The van der Waals surface area contributed by atoms with Crippen LogP contribution in [-0.2, 0) is 7.05 Å². The van der Waals surface area contributed by atoms with Crippen LogP contribution in [0.1, 0.15) is 15.2 Å². The van der Waals surface area contributed by atoms with Crippen LogP contribution in [0, 0.1) is 17.0 Å². The lowest BCUT2D eigenvalue weighted by molar-refractivity contribution is -0.384. The molecule has 0 aliphatic rings. The molecule has 4 aromatic rings. The van der Waals surface area contributed by atoms with Crippen molar-refractivity contribution in [1.29, 1.82) is 0 Å². The van der Waals surface area contributed by atoms with Crippen LogP contribution in [0.5, 0.6) is 0 Å². The Morgan fingerprint density at radius 2 is 2.07 bits per heavy atom. The molecule has 0 bridgehead atoms. The molecule has 0 fully saturated rings. The SMILES string of the molecule is Cc1c(C(=O)N(C)C)sc2ncn3nc(-c4nn(C)cc4[N+](=O)[O-])nc3c12. The molecule has 0 radical (unpaired) electrons. The van der Waals surface area contributed by atoms with E-state index in [2.05, 4.69) is 20.2 Å². The summed E-state index contributed by atoms with van der Waals surface area (Å²) < 4.78 is 2.79. The number of nitro groups is 1. The molecule has 1 amide bonds. The smallest absolute Gasteiger partial charge is 0.318 e. The molecule has 0 N–H and O–H groups in total. The molecule has 11 nitrogen and oxygen atoms in total. The molecule has 0 aromatic carbocycles. The summed E-state index contributed by atoms with van der Waals surface area (Å²) in [7, 11) is 4.96. The first-order valence-corrected chi connectivity index (χ1v) is 8.64. The van der Waals surface area contributed by atoms with Gasteiger partial charge in [-0.15, -0.1) is 16.4 Å². The summed E-state index contributed by atoms with van der Waals surface area (Å²) in [6.45, 7) is 1.83. The highest BCUT2D eigenvalue weighted by atomic mass is 32.1. The lowest BCUT2D eigenvalue weighted by atomic mass is 10.2. The lowest BCUT2D eigenvalue weighted by Crippen LogP contribution is -2.21. The molecule has 12 heteroatoms. The van der Waals surface area contributed by atoms with E-state index in [4.69, 9.17) is 0 Å². The summed E-state index contributed by atoms with van der Waals surface area (Å²) in [4.78, 5) is 34.7. The molecule has 4 rings (SSSR count). The van der Waals surface area contributed by atoms with Crippen molar-refractivity contribution in [1.82, 2.24) is 34.3 Å². The zero-order valence-electron chi connectivity index (χ0n) is 14.9. The van der Waals surface area contributed by atoms with Gasteiger partial charge in [0.05, 0.1) is 15.2 Å². The standard InChI is InChI=1S/C15H14N8O3S/c1-7-9-13-17-12(10-8(23(25)26)5-21(4)18-10)19-22(13)6-16-14(9)27-11(7)15(24)20(2)3/h5-6H,1-4H3. The van der Waals surface area contributed by atoms with Gasteiger partial charge in [0.2, 0.25) is 11.5 Å². The minimum absolute atomic E-state index is 0.0804. The maximum atomic E-state index is 12.4. The number of hydrogen-bond donors (Lipinski definition) is 0. The average Bonchev–Trinajstić information content (AvgIpc) is 3.28. The number of rotatable bonds is 3. The first kappa shape index (κ1) is 17.0. The Balaban J connectivity index is 1.97. The third-order valence-electron chi connectivity index (χ3n) is 4.09. The minimum atomic E-state index is -0.522. The van der Waals surface area contributed by atoms with Crippen LogP contribution >= 0.6 is 11.3 Å². The van der Waals surface area contributed by atoms with E-state index in [-0.39, 0.29) is 23.1 Å². The first-order chi connectivity index (χ1) is 12.8. The summed E-state index contributed by atoms with van der Waals surface area (Å²) in [6.07, 6.45) is 2.78. The highest BCUT2D eigenvalue weighted by molar-refractivity contribution is 7.20. The number of carbonyl (C=O) groups is 1. The molecule has 27 heavy (non-hydrogen) atoms. The highest BCUT2D eigenvalue weighted by Gasteiger charge is 2.26. The number of hydrogen-bond acceptors (Lipinski definition) is 8. The second-order valence-corrected chi connectivity index (χ2v) is 7.18. The van der Waals surface area contributed by atoms with Crippen LogP contribution in [0.15, 0.2) is 12.5 Å². The normalized spacial score (nSPS) is 11.4. The van der Waals surface area contributed by atoms with Crippen molar-refractivity contribution >= 4 is 38.8 Å². The van der Waals surface area contributed by atoms with Crippen molar-refractivity contribution in [3.05, 3.63) is 33.1 Å². The van der Waals surface area contributed by atoms with Crippen molar-refractivity contribution in [2.75, 3.05) is 14.1 Å². The van der Waals surface area contributed by atoms with Gasteiger partial charge < -0.3 is 4.90 Å². The van der Waals surface area contributed by atoms with Crippen LogP contribution in [0.4, 0.5) is 5.69 Å². The molecule has 0 spiro atoms. The second-order valence-electron chi connectivity index (χ2n) is 6.18.